The van der Waals surface area contributed by atoms with E-state index in [1.807, 2.05) is 13.8 Å². The minimum atomic E-state index is -0.464. The molecular formula is C13H24N4O3. The molecule has 1 aromatic rings. The molecule has 1 rings (SSSR count). The highest BCUT2D eigenvalue weighted by molar-refractivity contribution is 5.60. The van der Waals surface area contributed by atoms with Crippen LogP contribution in [0.5, 0.6) is 0 Å². The van der Waals surface area contributed by atoms with Crippen molar-refractivity contribution >= 4 is 11.5 Å². The summed E-state index contributed by atoms with van der Waals surface area (Å²) in [6, 6.07) is 0. The molecule has 0 saturated carbocycles. The van der Waals surface area contributed by atoms with Crippen molar-refractivity contribution in [3.8, 4) is 0 Å². The molecular weight excluding hydrogens is 260 g/mol. The van der Waals surface area contributed by atoms with E-state index < -0.39 is 17.4 Å². The molecule has 0 bridgehead atoms. The Morgan fingerprint density at radius 3 is 2.40 bits per heavy atom. The molecule has 1 heterocycles. The van der Waals surface area contributed by atoms with E-state index >= 15 is 0 Å². The number of nitrogens with two attached hydrogens (primary N) is 1. The van der Waals surface area contributed by atoms with E-state index in [0.29, 0.717) is 19.5 Å². The highest BCUT2D eigenvalue weighted by Crippen LogP contribution is 2.12. The van der Waals surface area contributed by atoms with Gasteiger partial charge in [0.05, 0.1) is 6.10 Å². The Balaban J connectivity index is 3.20. The van der Waals surface area contributed by atoms with Crippen molar-refractivity contribution in [1.82, 2.24) is 9.13 Å². The average Bonchev–Trinajstić information content (AvgIpc) is 2.36. The summed E-state index contributed by atoms with van der Waals surface area (Å²) in [6.45, 7) is 6.47. The minimum Gasteiger partial charge on any atom is -0.393 e. The van der Waals surface area contributed by atoms with Gasteiger partial charge in [0.2, 0.25) is 0 Å². The zero-order chi connectivity index (χ0) is 15.4. The molecule has 1 unspecified atom stereocenters. The SMILES string of the molecule is CC(C)Cn1c(N)c(NCCC(C)O)c(=O)n(C)c1=O. The Hall–Kier alpha value is -1.76. The maximum atomic E-state index is 12.1. The molecule has 1 aromatic heterocycles. The summed E-state index contributed by atoms with van der Waals surface area (Å²) in [4.78, 5) is 24.1. The van der Waals surface area contributed by atoms with E-state index in [0.717, 1.165) is 4.57 Å². The first-order chi connectivity index (χ1) is 9.25. The summed E-state index contributed by atoms with van der Waals surface area (Å²) in [6.07, 6.45) is 0.0282. The second kappa shape index (κ2) is 6.60. The van der Waals surface area contributed by atoms with E-state index in [9.17, 15) is 14.7 Å². The van der Waals surface area contributed by atoms with Gasteiger partial charge in [-0.15, -0.1) is 0 Å². The molecule has 0 aliphatic heterocycles. The molecule has 7 heteroatoms. The zero-order valence-corrected chi connectivity index (χ0v) is 12.5. The fourth-order valence-electron chi connectivity index (χ4n) is 1.90. The number of nitrogens with zero attached hydrogens (tertiary/aromatic N) is 2. The van der Waals surface area contributed by atoms with Gasteiger partial charge < -0.3 is 16.2 Å². The number of nitrogen functional groups attached to an aromatic ring is 1. The predicted molar refractivity (Wildman–Crippen MR) is 80.0 cm³/mol. The summed E-state index contributed by atoms with van der Waals surface area (Å²) < 4.78 is 2.44. The Morgan fingerprint density at radius 2 is 1.90 bits per heavy atom. The van der Waals surface area contributed by atoms with Gasteiger partial charge in [0.25, 0.3) is 5.56 Å². The van der Waals surface area contributed by atoms with Crippen molar-refractivity contribution in [2.75, 3.05) is 17.6 Å². The first-order valence-electron chi connectivity index (χ1n) is 6.77. The van der Waals surface area contributed by atoms with Gasteiger partial charge in [0.1, 0.15) is 11.5 Å². The molecule has 1 atom stereocenters. The molecule has 0 saturated heterocycles. The smallest absolute Gasteiger partial charge is 0.332 e. The average molecular weight is 284 g/mol. The molecule has 0 spiro atoms. The zero-order valence-electron chi connectivity index (χ0n) is 12.5. The molecule has 0 aliphatic rings. The van der Waals surface area contributed by atoms with Crippen LogP contribution in [-0.2, 0) is 13.6 Å². The number of hydrogen-bond donors (Lipinski definition) is 3. The number of nitrogens with one attached hydrogen (secondary N) is 1. The molecule has 0 amide bonds. The van der Waals surface area contributed by atoms with Crippen molar-refractivity contribution in [3.63, 3.8) is 0 Å². The van der Waals surface area contributed by atoms with Crippen LogP contribution in [0.1, 0.15) is 27.2 Å². The Labute approximate surface area is 118 Å². The lowest BCUT2D eigenvalue weighted by Crippen LogP contribution is -2.41. The Kier molecular flexibility index (Phi) is 5.38. The number of hydrogen-bond acceptors (Lipinski definition) is 5. The van der Waals surface area contributed by atoms with Crippen LogP contribution in [0.15, 0.2) is 9.59 Å². The molecule has 0 aliphatic carbocycles. The van der Waals surface area contributed by atoms with Gasteiger partial charge in [-0.05, 0) is 19.3 Å². The normalized spacial score (nSPS) is 12.7. The van der Waals surface area contributed by atoms with Gasteiger partial charge in [-0.2, -0.15) is 0 Å². The summed E-state index contributed by atoms with van der Waals surface area (Å²) >= 11 is 0. The third-order valence-electron chi connectivity index (χ3n) is 2.99. The standard InChI is InChI=1S/C13H24N4O3/c1-8(2)7-17-11(14)10(15-6-5-9(3)18)12(19)16(4)13(17)20/h8-9,15,18H,5-7,14H2,1-4H3. The summed E-state index contributed by atoms with van der Waals surface area (Å²) in [7, 11) is 1.43. The predicted octanol–water partition coefficient (Wildman–Crippen LogP) is -0.0320. The molecule has 114 valence electrons. The molecule has 7 nitrogen and oxygen atoms in total. The summed E-state index contributed by atoms with van der Waals surface area (Å²) in [5, 5.41) is 12.1. The lowest BCUT2D eigenvalue weighted by molar-refractivity contribution is 0.188. The maximum Gasteiger partial charge on any atom is 0.332 e. The van der Waals surface area contributed by atoms with Crippen LogP contribution in [0.25, 0.3) is 0 Å². The monoisotopic (exact) mass is 284 g/mol. The lowest BCUT2D eigenvalue weighted by Gasteiger charge is -2.17. The lowest BCUT2D eigenvalue weighted by atomic mass is 10.2. The van der Waals surface area contributed by atoms with E-state index in [1.54, 1.807) is 6.92 Å². The van der Waals surface area contributed by atoms with Crippen LogP contribution in [-0.4, -0.2) is 26.9 Å². The van der Waals surface area contributed by atoms with Crippen molar-refractivity contribution in [1.29, 1.82) is 0 Å². The van der Waals surface area contributed by atoms with Crippen molar-refractivity contribution in [3.05, 3.63) is 20.8 Å². The topological polar surface area (TPSA) is 102 Å². The first-order valence-corrected chi connectivity index (χ1v) is 6.77. The highest BCUT2D eigenvalue weighted by atomic mass is 16.3. The molecule has 0 radical (unpaired) electrons. The second-order valence-electron chi connectivity index (χ2n) is 5.48. The second-order valence-corrected chi connectivity index (χ2v) is 5.48. The van der Waals surface area contributed by atoms with Gasteiger partial charge in [-0.1, -0.05) is 13.8 Å². The van der Waals surface area contributed by atoms with E-state index in [-0.39, 0.29) is 17.4 Å². The number of anilines is 2. The molecule has 0 aromatic carbocycles. The number of aromatic nitrogens is 2. The van der Waals surface area contributed by atoms with Crippen molar-refractivity contribution in [2.24, 2.45) is 13.0 Å². The van der Waals surface area contributed by atoms with Crippen LogP contribution >= 0.6 is 0 Å². The number of aliphatic hydroxyl groups excluding tert-OH is 1. The fourth-order valence-corrected chi connectivity index (χ4v) is 1.90. The van der Waals surface area contributed by atoms with Crippen molar-refractivity contribution < 1.29 is 5.11 Å². The number of rotatable bonds is 6. The number of aliphatic hydroxyl groups is 1. The Morgan fingerprint density at radius 1 is 1.30 bits per heavy atom. The largest absolute Gasteiger partial charge is 0.393 e. The van der Waals surface area contributed by atoms with Crippen LogP contribution < -0.4 is 22.3 Å². The molecule has 4 N–H and O–H groups in total. The summed E-state index contributed by atoms with van der Waals surface area (Å²) in [5.74, 6) is 0.384. The van der Waals surface area contributed by atoms with Crippen LogP contribution in [0.2, 0.25) is 0 Å². The van der Waals surface area contributed by atoms with Gasteiger partial charge in [0, 0.05) is 20.1 Å². The quantitative estimate of drug-likeness (QED) is 0.680. The fraction of sp³-hybridized carbons (Fsp3) is 0.692. The van der Waals surface area contributed by atoms with Crippen LogP contribution in [0.3, 0.4) is 0 Å². The van der Waals surface area contributed by atoms with E-state index in [4.69, 9.17) is 5.73 Å². The third-order valence-corrected chi connectivity index (χ3v) is 2.99. The van der Waals surface area contributed by atoms with Gasteiger partial charge in [-0.3, -0.25) is 13.9 Å². The highest BCUT2D eigenvalue weighted by Gasteiger charge is 2.15. The van der Waals surface area contributed by atoms with Crippen LogP contribution in [0.4, 0.5) is 11.5 Å². The van der Waals surface area contributed by atoms with Gasteiger partial charge >= 0.3 is 5.69 Å². The van der Waals surface area contributed by atoms with Gasteiger partial charge in [0.15, 0.2) is 0 Å². The summed E-state index contributed by atoms with van der Waals surface area (Å²) in [5.41, 5.74) is 5.30. The molecule has 20 heavy (non-hydrogen) atoms. The van der Waals surface area contributed by atoms with Crippen LogP contribution in [0, 0.1) is 5.92 Å². The molecule has 0 fully saturated rings. The third kappa shape index (κ3) is 3.63. The van der Waals surface area contributed by atoms with Crippen molar-refractivity contribution in [2.45, 2.75) is 39.8 Å². The Bertz CT molecular complexity index is 572. The first kappa shape index (κ1) is 16.3. The minimum absolute atomic E-state index is 0.150. The van der Waals surface area contributed by atoms with E-state index in [1.165, 1.54) is 11.6 Å². The van der Waals surface area contributed by atoms with E-state index in [2.05, 4.69) is 5.32 Å². The maximum absolute atomic E-state index is 12.1. The van der Waals surface area contributed by atoms with Gasteiger partial charge in [-0.25, -0.2) is 4.79 Å².